The summed E-state index contributed by atoms with van der Waals surface area (Å²) >= 11 is 0. The average Bonchev–Trinajstić information content (AvgIpc) is 3.03. The van der Waals surface area contributed by atoms with Gasteiger partial charge in [-0.2, -0.15) is 5.10 Å². The van der Waals surface area contributed by atoms with Gasteiger partial charge in [-0.3, -0.25) is 4.68 Å². The molecule has 17 heavy (non-hydrogen) atoms. The van der Waals surface area contributed by atoms with Crippen LogP contribution in [-0.2, 0) is 13.0 Å². The normalized spacial score (nSPS) is 17.3. The summed E-state index contributed by atoms with van der Waals surface area (Å²) in [5, 5.41) is 8.03. The third kappa shape index (κ3) is 4.15. The van der Waals surface area contributed by atoms with Gasteiger partial charge in [-0.15, -0.1) is 0 Å². The molecule has 1 atom stereocenters. The molecule has 1 aliphatic rings. The Labute approximate surface area is 105 Å². The zero-order valence-electron chi connectivity index (χ0n) is 11.2. The van der Waals surface area contributed by atoms with Crippen LogP contribution in [0.1, 0.15) is 45.1 Å². The van der Waals surface area contributed by atoms with E-state index in [0.29, 0.717) is 6.04 Å². The molecule has 2 rings (SSSR count). The first-order valence-electron chi connectivity index (χ1n) is 7.06. The number of rotatable bonds is 8. The van der Waals surface area contributed by atoms with E-state index < -0.39 is 0 Å². The smallest absolute Gasteiger partial charge is 0.0522 e. The average molecular weight is 235 g/mol. The minimum Gasteiger partial charge on any atom is -0.314 e. The maximum absolute atomic E-state index is 4.35. The van der Waals surface area contributed by atoms with Crippen LogP contribution in [0.25, 0.3) is 0 Å². The van der Waals surface area contributed by atoms with Gasteiger partial charge in [-0.25, -0.2) is 0 Å². The van der Waals surface area contributed by atoms with Crippen LogP contribution >= 0.6 is 0 Å². The molecule has 0 saturated heterocycles. The molecular weight excluding hydrogens is 210 g/mol. The molecule has 1 saturated carbocycles. The highest BCUT2D eigenvalue weighted by atomic mass is 15.3. The monoisotopic (exact) mass is 235 g/mol. The second-order valence-electron chi connectivity index (χ2n) is 5.24. The maximum Gasteiger partial charge on any atom is 0.0522 e. The molecule has 0 aliphatic heterocycles. The van der Waals surface area contributed by atoms with Crippen molar-refractivity contribution in [3.05, 3.63) is 18.0 Å². The highest BCUT2D eigenvalue weighted by molar-refractivity contribution is 5.06. The van der Waals surface area contributed by atoms with E-state index in [1.54, 1.807) is 0 Å². The lowest BCUT2D eigenvalue weighted by Gasteiger charge is -2.17. The SMILES string of the molecule is CCCNC(Cc1cnn(CC)c1)CC1CC1. The zero-order valence-corrected chi connectivity index (χ0v) is 11.2. The van der Waals surface area contributed by atoms with Gasteiger partial charge in [0.2, 0.25) is 0 Å². The van der Waals surface area contributed by atoms with Crippen LogP contribution in [0.2, 0.25) is 0 Å². The standard InChI is InChI=1S/C14H25N3/c1-3-7-15-14(8-12-5-6-12)9-13-10-16-17(4-2)11-13/h10-12,14-15H,3-9H2,1-2H3. The lowest BCUT2D eigenvalue weighted by molar-refractivity contribution is 0.455. The number of hydrogen-bond acceptors (Lipinski definition) is 2. The molecule has 1 aromatic heterocycles. The Kier molecular flexibility index (Phi) is 4.60. The summed E-state index contributed by atoms with van der Waals surface area (Å²) in [4.78, 5) is 0. The molecule has 1 aromatic rings. The van der Waals surface area contributed by atoms with Crippen molar-refractivity contribution < 1.29 is 0 Å². The van der Waals surface area contributed by atoms with Gasteiger partial charge in [-0.05, 0) is 44.2 Å². The predicted octanol–water partition coefficient (Wildman–Crippen LogP) is 2.61. The first-order valence-corrected chi connectivity index (χ1v) is 7.06. The minimum atomic E-state index is 0.650. The van der Waals surface area contributed by atoms with Gasteiger partial charge in [0.15, 0.2) is 0 Å². The molecule has 1 aliphatic carbocycles. The lowest BCUT2D eigenvalue weighted by Crippen LogP contribution is -2.32. The molecule has 96 valence electrons. The van der Waals surface area contributed by atoms with Crippen LogP contribution < -0.4 is 5.32 Å². The van der Waals surface area contributed by atoms with E-state index in [2.05, 4.69) is 30.5 Å². The highest BCUT2D eigenvalue weighted by Crippen LogP contribution is 2.34. The summed E-state index contributed by atoms with van der Waals surface area (Å²) < 4.78 is 2.02. The van der Waals surface area contributed by atoms with Crippen LogP contribution in [0.3, 0.4) is 0 Å². The molecule has 3 nitrogen and oxygen atoms in total. The first kappa shape index (κ1) is 12.6. The molecule has 1 N–H and O–H groups in total. The summed E-state index contributed by atoms with van der Waals surface area (Å²) in [5.41, 5.74) is 1.38. The van der Waals surface area contributed by atoms with Gasteiger partial charge in [0.05, 0.1) is 6.20 Å². The third-order valence-electron chi connectivity index (χ3n) is 3.49. The Hall–Kier alpha value is -0.830. The maximum atomic E-state index is 4.35. The van der Waals surface area contributed by atoms with Crippen LogP contribution in [0.4, 0.5) is 0 Å². The van der Waals surface area contributed by atoms with Crippen molar-refractivity contribution in [2.24, 2.45) is 5.92 Å². The Morgan fingerprint density at radius 3 is 2.88 bits per heavy atom. The number of aromatic nitrogens is 2. The zero-order chi connectivity index (χ0) is 12.1. The van der Waals surface area contributed by atoms with Crippen molar-refractivity contribution in [3.8, 4) is 0 Å². The molecule has 0 spiro atoms. The highest BCUT2D eigenvalue weighted by Gasteiger charge is 2.25. The van der Waals surface area contributed by atoms with Crippen molar-refractivity contribution in [1.82, 2.24) is 15.1 Å². The molecule has 3 heteroatoms. The summed E-state index contributed by atoms with van der Waals surface area (Å²) in [5.74, 6) is 0.991. The fourth-order valence-electron chi connectivity index (χ4n) is 2.31. The van der Waals surface area contributed by atoms with E-state index in [4.69, 9.17) is 0 Å². The molecule has 1 heterocycles. The van der Waals surface area contributed by atoms with E-state index in [1.165, 1.54) is 31.2 Å². The second kappa shape index (κ2) is 6.20. The number of nitrogens with one attached hydrogen (secondary N) is 1. The fourth-order valence-corrected chi connectivity index (χ4v) is 2.31. The summed E-state index contributed by atoms with van der Waals surface area (Å²) in [7, 11) is 0. The Balaban J connectivity index is 1.85. The van der Waals surface area contributed by atoms with Crippen molar-refractivity contribution >= 4 is 0 Å². The van der Waals surface area contributed by atoms with Crippen LogP contribution in [0.5, 0.6) is 0 Å². The topological polar surface area (TPSA) is 29.9 Å². The van der Waals surface area contributed by atoms with Crippen molar-refractivity contribution in [2.45, 2.75) is 58.5 Å². The van der Waals surface area contributed by atoms with Crippen molar-refractivity contribution in [2.75, 3.05) is 6.54 Å². The van der Waals surface area contributed by atoms with Crippen LogP contribution in [0.15, 0.2) is 12.4 Å². The van der Waals surface area contributed by atoms with E-state index in [0.717, 1.165) is 25.4 Å². The molecule has 0 radical (unpaired) electrons. The van der Waals surface area contributed by atoms with E-state index >= 15 is 0 Å². The van der Waals surface area contributed by atoms with Gasteiger partial charge in [0.25, 0.3) is 0 Å². The molecule has 0 aromatic carbocycles. The fraction of sp³-hybridized carbons (Fsp3) is 0.786. The van der Waals surface area contributed by atoms with Crippen LogP contribution in [-0.4, -0.2) is 22.4 Å². The van der Waals surface area contributed by atoms with Gasteiger partial charge in [0, 0.05) is 18.8 Å². The largest absolute Gasteiger partial charge is 0.314 e. The van der Waals surface area contributed by atoms with Crippen molar-refractivity contribution in [3.63, 3.8) is 0 Å². The Morgan fingerprint density at radius 2 is 2.29 bits per heavy atom. The van der Waals surface area contributed by atoms with Crippen LogP contribution in [0, 0.1) is 5.92 Å². The Bertz CT molecular complexity index is 328. The van der Waals surface area contributed by atoms with Gasteiger partial charge >= 0.3 is 0 Å². The second-order valence-corrected chi connectivity index (χ2v) is 5.24. The first-order chi connectivity index (χ1) is 8.31. The molecular formula is C14H25N3. The summed E-state index contributed by atoms with van der Waals surface area (Å²) in [6, 6.07) is 0.650. The van der Waals surface area contributed by atoms with E-state index in [-0.39, 0.29) is 0 Å². The van der Waals surface area contributed by atoms with Gasteiger partial charge in [-0.1, -0.05) is 19.8 Å². The number of aryl methyl sites for hydroxylation is 1. The quantitative estimate of drug-likeness (QED) is 0.750. The van der Waals surface area contributed by atoms with E-state index in [9.17, 15) is 0 Å². The molecule has 1 fully saturated rings. The van der Waals surface area contributed by atoms with Gasteiger partial charge < -0.3 is 5.32 Å². The number of hydrogen-bond donors (Lipinski definition) is 1. The number of nitrogens with zero attached hydrogens (tertiary/aromatic N) is 2. The van der Waals surface area contributed by atoms with Crippen molar-refractivity contribution in [1.29, 1.82) is 0 Å². The summed E-state index contributed by atoms with van der Waals surface area (Å²) in [6.45, 7) is 6.47. The lowest BCUT2D eigenvalue weighted by atomic mass is 10.0. The predicted molar refractivity (Wildman–Crippen MR) is 71.0 cm³/mol. The van der Waals surface area contributed by atoms with Gasteiger partial charge in [0.1, 0.15) is 0 Å². The molecule has 0 bridgehead atoms. The molecule has 0 amide bonds. The minimum absolute atomic E-state index is 0.650. The Morgan fingerprint density at radius 1 is 1.47 bits per heavy atom. The van der Waals surface area contributed by atoms with E-state index in [1.807, 2.05) is 10.9 Å². The summed E-state index contributed by atoms with van der Waals surface area (Å²) in [6.07, 6.45) is 10.8. The molecule has 1 unspecified atom stereocenters. The third-order valence-corrected chi connectivity index (χ3v) is 3.49.